The van der Waals surface area contributed by atoms with Crippen molar-refractivity contribution < 1.29 is 17.8 Å². The van der Waals surface area contributed by atoms with Crippen LogP contribution < -0.4 is 10.0 Å². The van der Waals surface area contributed by atoms with Crippen molar-refractivity contribution >= 4 is 21.4 Å². The minimum absolute atomic E-state index is 0.134. The number of anilines is 1. The van der Waals surface area contributed by atoms with E-state index in [2.05, 4.69) is 15.0 Å². The smallest absolute Gasteiger partial charge is 0.293 e. The molecule has 0 saturated carbocycles. The van der Waals surface area contributed by atoms with Crippen molar-refractivity contribution in [1.29, 1.82) is 0 Å². The van der Waals surface area contributed by atoms with Crippen LogP contribution in [0.3, 0.4) is 0 Å². The molecule has 1 aromatic heterocycles. The molecular weight excluding hydrogens is 348 g/mol. The summed E-state index contributed by atoms with van der Waals surface area (Å²) in [7, 11) is -2.53. The highest BCUT2D eigenvalue weighted by atomic mass is 32.2. The molecule has 2 aromatic rings. The Hall–Kier alpha value is -2.46. The van der Waals surface area contributed by atoms with Crippen LogP contribution in [0.5, 0.6) is 0 Å². The number of nitrogens with one attached hydrogen (secondary N) is 2. The highest BCUT2D eigenvalue weighted by molar-refractivity contribution is 7.89. The number of sulfonamides is 1. The summed E-state index contributed by atoms with van der Waals surface area (Å²) in [5.41, 5.74) is -0.366. The van der Waals surface area contributed by atoms with Gasteiger partial charge in [0.25, 0.3) is 5.69 Å². The van der Waals surface area contributed by atoms with E-state index < -0.39 is 14.9 Å². The van der Waals surface area contributed by atoms with Crippen molar-refractivity contribution in [2.75, 3.05) is 12.4 Å². The van der Waals surface area contributed by atoms with E-state index in [1.165, 1.54) is 19.2 Å². The monoisotopic (exact) mass is 368 g/mol. The van der Waals surface area contributed by atoms with Crippen LogP contribution in [0.25, 0.3) is 0 Å². The normalized spacial score (nSPS) is 12.2. The van der Waals surface area contributed by atoms with Crippen LogP contribution in [0, 0.1) is 10.1 Å². The first-order valence-electron chi connectivity index (χ1n) is 7.45. The van der Waals surface area contributed by atoms with Crippen LogP contribution in [0.1, 0.15) is 32.4 Å². The van der Waals surface area contributed by atoms with Crippen molar-refractivity contribution in [3.63, 3.8) is 0 Å². The Morgan fingerprint density at radius 2 is 2.00 bits per heavy atom. The molecule has 136 valence electrons. The molecule has 9 nitrogen and oxygen atoms in total. The Kier molecular flexibility index (Phi) is 5.14. The number of benzene rings is 1. The van der Waals surface area contributed by atoms with Crippen molar-refractivity contribution in [3.8, 4) is 0 Å². The molecule has 0 aliphatic carbocycles. The Bertz CT molecular complexity index is 884. The molecule has 0 bridgehead atoms. The third kappa shape index (κ3) is 4.34. The van der Waals surface area contributed by atoms with Crippen molar-refractivity contribution in [3.05, 3.63) is 46.2 Å². The van der Waals surface area contributed by atoms with Crippen LogP contribution >= 0.6 is 0 Å². The average Bonchev–Trinajstić information content (AvgIpc) is 3.01. The topological polar surface area (TPSA) is 127 Å². The lowest BCUT2D eigenvalue weighted by atomic mass is 9.94. The van der Waals surface area contributed by atoms with Gasteiger partial charge in [0.2, 0.25) is 15.9 Å². The van der Waals surface area contributed by atoms with Gasteiger partial charge in [-0.15, -0.1) is 0 Å². The first-order chi connectivity index (χ1) is 11.5. The van der Waals surface area contributed by atoms with E-state index in [0.29, 0.717) is 11.7 Å². The molecule has 10 heteroatoms. The summed E-state index contributed by atoms with van der Waals surface area (Å²) in [5.74, 6) is 1.08. The van der Waals surface area contributed by atoms with E-state index in [0.717, 1.165) is 6.07 Å². The fourth-order valence-corrected chi connectivity index (χ4v) is 2.76. The molecule has 0 amide bonds. The van der Waals surface area contributed by atoms with Gasteiger partial charge in [0, 0.05) is 11.5 Å². The van der Waals surface area contributed by atoms with E-state index in [1.54, 1.807) is 6.20 Å². The molecule has 0 atom stereocenters. The van der Waals surface area contributed by atoms with Crippen LogP contribution in [0.15, 0.2) is 33.7 Å². The van der Waals surface area contributed by atoms with Gasteiger partial charge in [-0.2, -0.15) is 0 Å². The molecular formula is C15H20N4O5S. The number of nitrogens with zero attached hydrogens (tertiary/aromatic N) is 2. The number of nitro benzene ring substituents is 1. The number of aromatic nitrogens is 1. The summed E-state index contributed by atoms with van der Waals surface area (Å²) in [4.78, 5) is 14.6. The number of nitro groups is 1. The number of hydrogen-bond acceptors (Lipinski definition) is 7. The standard InChI is InChI=1S/C15H20N4O5S/c1-15(2,3)13-8-18-14(24-13)9-17-11-6-5-10(25(22,23)16-4)7-12(11)19(20)21/h5-8,16-17H,9H2,1-4H3. The van der Waals surface area contributed by atoms with Crippen molar-refractivity contribution in [1.82, 2.24) is 9.71 Å². The highest BCUT2D eigenvalue weighted by Gasteiger charge is 2.22. The first-order valence-corrected chi connectivity index (χ1v) is 8.94. The van der Waals surface area contributed by atoms with Crippen LogP contribution in [-0.4, -0.2) is 25.4 Å². The van der Waals surface area contributed by atoms with Crippen molar-refractivity contribution in [2.24, 2.45) is 0 Å². The maximum atomic E-state index is 11.8. The minimum atomic E-state index is -3.76. The summed E-state index contributed by atoms with van der Waals surface area (Å²) in [6, 6.07) is 3.64. The van der Waals surface area contributed by atoms with E-state index in [9.17, 15) is 18.5 Å². The van der Waals surface area contributed by atoms with Gasteiger partial charge in [-0.25, -0.2) is 18.1 Å². The number of hydrogen-bond donors (Lipinski definition) is 2. The van der Waals surface area contributed by atoms with E-state index in [4.69, 9.17) is 4.42 Å². The van der Waals surface area contributed by atoms with Crippen LogP contribution in [0.4, 0.5) is 11.4 Å². The lowest BCUT2D eigenvalue weighted by molar-refractivity contribution is -0.384. The number of rotatable bonds is 6. The van der Waals surface area contributed by atoms with Gasteiger partial charge in [0.1, 0.15) is 11.4 Å². The predicted molar refractivity (Wildman–Crippen MR) is 91.9 cm³/mol. The quantitative estimate of drug-likeness (QED) is 0.592. The molecule has 2 rings (SSSR count). The molecule has 0 spiro atoms. The molecule has 1 aromatic carbocycles. The molecule has 2 N–H and O–H groups in total. The maximum absolute atomic E-state index is 11.8. The van der Waals surface area contributed by atoms with Gasteiger partial charge in [0.05, 0.1) is 22.6 Å². The second-order valence-electron chi connectivity index (χ2n) is 6.37. The van der Waals surface area contributed by atoms with E-state index >= 15 is 0 Å². The fourth-order valence-electron chi connectivity index (χ4n) is 2.01. The van der Waals surface area contributed by atoms with Gasteiger partial charge in [-0.05, 0) is 19.2 Å². The second-order valence-corrected chi connectivity index (χ2v) is 8.25. The summed E-state index contributed by atoms with van der Waals surface area (Å²) in [6.45, 7) is 6.08. The minimum Gasteiger partial charge on any atom is -0.443 e. The summed E-state index contributed by atoms with van der Waals surface area (Å²) >= 11 is 0. The Balaban J connectivity index is 2.25. The lowest BCUT2D eigenvalue weighted by Crippen LogP contribution is -2.18. The Labute approximate surface area is 145 Å². The molecule has 0 aliphatic rings. The van der Waals surface area contributed by atoms with Gasteiger partial charge in [-0.1, -0.05) is 20.8 Å². The Morgan fingerprint density at radius 3 is 2.52 bits per heavy atom. The summed E-state index contributed by atoms with van der Waals surface area (Å²) < 4.78 is 31.3. The van der Waals surface area contributed by atoms with Gasteiger partial charge in [0.15, 0.2) is 0 Å². The SMILES string of the molecule is CNS(=O)(=O)c1ccc(NCc2ncc(C(C)(C)C)o2)c([N+](=O)[O-])c1. The van der Waals surface area contributed by atoms with Gasteiger partial charge < -0.3 is 9.73 Å². The van der Waals surface area contributed by atoms with Crippen LogP contribution in [0.2, 0.25) is 0 Å². The van der Waals surface area contributed by atoms with Gasteiger partial charge >= 0.3 is 0 Å². The average molecular weight is 368 g/mol. The molecule has 0 unspecified atom stereocenters. The third-order valence-corrected chi connectivity index (χ3v) is 4.88. The molecule has 25 heavy (non-hydrogen) atoms. The Morgan fingerprint density at radius 1 is 1.32 bits per heavy atom. The summed E-state index contributed by atoms with van der Waals surface area (Å²) in [5, 5.41) is 14.1. The van der Waals surface area contributed by atoms with Crippen molar-refractivity contribution in [2.45, 2.75) is 37.6 Å². The largest absolute Gasteiger partial charge is 0.443 e. The lowest BCUT2D eigenvalue weighted by Gasteiger charge is -2.13. The summed E-state index contributed by atoms with van der Waals surface area (Å²) in [6.07, 6.45) is 1.62. The fraction of sp³-hybridized carbons (Fsp3) is 0.400. The highest BCUT2D eigenvalue weighted by Crippen LogP contribution is 2.28. The molecule has 0 fully saturated rings. The second kappa shape index (κ2) is 6.81. The molecule has 0 saturated heterocycles. The number of oxazole rings is 1. The zero-order chi connectivity index (χ0) is 18.8. The maximum Gasteiger partial charge on any atom is 0.293 e. The van der Waals surface area contributed by atoms with E-state index in [-0.39, 0.29) is 28.2 Å². The molecule has 0 aliphatic heterocycles. The zero-order valence-electron chi connectivity index (χ0n) is 14.4. The third-order valence-electron chi connectivity index (χ3n) is 3.47. The van der Waals surface area contributed by atoms with E-state index in [1.807, 2.05) is 20.8 Å². The predicted octanol–water partition coefficient (Wildman–Crippen LogP) is 2.40. The van der Waals surface area contributed by atoms with Crippen LogP contribution in [-0.2, 0) is 22.0 Å². The van der Waals surface area contributed by atoms with Gasteiger partial charge in [-0.3, -0.25) is 10.1 Å². The molecule has 1 heterocycles. The molecule has 0 radical (unpaired) electrons. The zero-order valence-corrected chi connectivity index (χ0v) is 15.2. The first kappa shape index (κ1) is 18.9.